The lowest BCUT2D eigenvalue weighted by atomic mass is 10.1. The molecule has 0 radical (unpaired) electrons. The van der Waals surface area contributed by atoms with Gasteiger partial charge in [0.1, 0.15) is 21.9 Å². The molecule has 0 fully saturated rings. The van der Waals surface area contributed by atoms with Crippen LogP contribution in [-0.4, -0.2) is 9.97 Å². The summed E-state index contributed by atoms with van der Waals surface area (Å²) in [5.41, 5.74) is 0.545. The zero-order valence-electron chi connectivity index (χ0n) is 8.42. The van der Waals surface area contributed by atoms with Crippen molar-refractivity contribution in [1.82, 2.24) is 9.97 Å². The van der Waals surface area contributed by atoms with Crippen molar-refractivity contribution < 1.29 is 4.39 Å². The van der Waals surface area contributed by atoms with Crippen LogP contribution in [-0.2, 0) is 5.88 Å². The van der Waals surface area contributed by atoms with E-state index in [1.807, 2.05) is 0 Å². The van der Waals surface area contributed by atoms with E-state index in [2.05, 4.69) is 9.97 Å². The smallest absolute Gasteiger partial charge is 0.146 e. The largest absolute Gasteiger partial charge is 0.219 e. The highest BCUT2D eigenvalue weighted by Gasteiger charge is 2.16. The highest BCUT2D eigenvalue weighted by Crippen LogP contribution is 2.33. The van der Waals surface area contributed by atoms with Gasteiger partial charge in [0.2, 0.25) is 0 Å². The molecule has 1 aromatic heterocycles. The van der Waals surface area contributed by atoms with Crippen molar-refractivity contribution in [2.75, 3.05) is 0 Å². The average Bonchev–Trinajstić information content (AvgIpc) is 2.30. The molecule has 0 unspecified atom stereocenters. The molecule has 0 aliphatic heterocycles. The second-order valence-corrected chi connectivity index (χ2v) is 4.19. The standard InChI is InChI=1S/C11H6Cl3FN2/c12-5-8-16-10(13)9(11(14)17-8)6-3-1-2-4-7(6)15/h1-4H,5H2. The van der Waals surface area contributed by atoms with Gasteiger partial charge in [0, 0.05) is 5.56 Å². The summed E-state index contributed by atoms with van der Waals surface area (Å²) in [6.07, 6.45) is 0. The van der Waals surface area contributed by atoms with Crippen LogP contribution >= 0.6 is 34.8 Å². The molecule has 0 saturated carbocycles. The first-order valence-electron chi connectivity index (χ1n) is 4.66. The van der Waals surface area contributed by atoms with E-state index in [1.165, 1.54) is 6.07 Å². The van der Waals surface area contributed by atoms with Gasteiger partial charge in [-0.1, -0.05) is 41.4 Å². The first-order valence-corrected chi connectivity index (χ1v) is 5.95. The minimum Gasteiger partial charge on any atom is -0.219 e. The van der Waals surface area contributed by atoms with Gasteiger partial charge >= 0.3 is 0 Å². The maximum atomic E-state index is 13.6. The molecule has 0 atom stereocenters. The summed E-state index contributed by atoms with van der Waals surface area (Å²) in [5.74, 6) is -0.0305. The van der Waals surface area contributed by atoms with E-state index in [4.69, 9.17) is 34.8 Å². The van der Waals surface area contributed by atoms with Crippen LogP contribution in [0.25, 0.3) is 11.1 Å². The number of alkyl halides is 1. The van der Waals surface area contributed by atoms with Crippen molar-refractivity contribution in [2.24, 2.45) is 0 Å². The van der Waals surface area contributed by atoms with Crippen molar-refractivity contribution in [3.8, 4) is 11.1 Å². The number of halogens is 4. The quantitative estimate of drug-likeness (QED) is 0.608. The highest BCUT2D eigenvalue weighted by atomic mass is 35.5. The van der Waals surface area contributed by atoms with Crippen LogP contribution in [0.2, 0.25) is 10.3 Å². The van der Waals surface area contributed by atoms with Crippen LogP contribution < -0.4 is 0 Å². The van der Waals surface area contributed by atoms with Crippen molar-refractivity contribution in [3.05, 3.63) is 46.2 Å². The monoisotopic (exact) mass is 290 g/mol. The van der Waals surface area contributed by atoms with Gasteiger partial charge in [0.25, 0.3) is 0 Å². The Morgan fingerprint density at radius 3 is 2.18 bits per heavy atom. The van der Waals surface area contributed by atoms with Crippen molar-refractivity contribution in [3.63, 3.8) is 0 Å². The minimum absolute atomic E-state index is 0.0887. The number of rotatable bonds is 2. The molecule has 0 bridgehead atoms. The fourth-order valence-electron chi connectivity index (χ4n) is 1.39. The van der Waals surface area contributed by atoms with Gasteiger partial charge in [0.05, 0.1) is 11.4 Å². The first kappa shape index (κ1) is 12.6. The molecule has 2 rings (SSSR count). The maximum Gasteiger partial charge on any atom is 0.146 e. The van der Waals surface area contributed by atoms with Gasteiger partial charge in [-0.05, 0) is 6.07 Å². The summed E-state index contributed by atoms with van der Waals surface area (Å²) in [7, 11) is 0. The topological polar surface area (TPSA) is 25.8 Å². The van der Waals surface area contributed by atoms with Gasteiger partial charge in [-0.25, -0.2) is 14.4 Å². The lowest BCUT2D eigenvalue weighted by Crippen LogP contribution is -1.97. The fourth-order valence-corrected chi connectivity index (χ4v) is 2.14. The fraction of sp³-hybridized carbons (Fsp3) is 0.0909. The number of nitrogens with zero attached hydrogens (tertiary/aromatic N) is 2. The molecule has 1 heterocycles. The van der Waals surface area contributed by atoms with Crippen molar-refractivity contribution >= 4 is 34.8 Å². The zero-order valence-corrected chi connectivity index (χ0v) is 10.7. The number of benzene rings is 1. The van der Waals surface area contributed by atoms with Crippen LogP contribution in [0.5, 0.6) is 0 Å². The van der Waals surface area contributed by atoms with Crippen molar-refractivity contribution in [1.29, 1.82) is 0 Å². The summed E-state index contributed by atoms with van der Waals surface area (Å²) >= 11 is 17.5. The predicted octanol–water partition coefficient (Wildman–Crippen LogP) is 4.33. The van der Waals surface area contributed by atoms with Crippen LogP contribution in [0.1, 0.15) is 5.82 Å². The van der Waals surface area contributed by atoms with E-state index in [0.29, 0.717) is 5.82 Å². The van der Waals surface area contributed by atoms with E-state index in [9.17, 15) is 4.39 Å². The second-order valence-electron chi connectivity index (χ2n) is 3.21. The summed E-state index contributed by atoms with van der Waals surface area (Å²) in [4.78, 5) is 7.88. The Hall–Kier alpha value is -0.900. The maximum absolute atomic E-state index is 13.6. The molecule has 0 N–H and O–H groups in total. The van der Waals surface area contributed by atoms with Gasteiger partial charge in [0.15, 0.2) is 0 Å². The molecule has 1 aromatic carbocycles. The Morgan fingerprint density at radius 1 is 1.06 bits per heavy atom. The summed E-state index contributed by atoms with van der Waals surface area (Å²) in [5, 5.41) is 0.177. The molecule has 0 saturated heterocycles. The Balaban J connectivity index is 2.64. The molecule has 0 amide bonds. The molecule has 0 aliphatic carbocycles. The molecule has 2 aromatic rings. The third-order valence-corrected chi connectivity index (χ3v) is 2.92. The summed E-state index contributed by atoms with van der Waals surface area (Å²) < 4.78 is 13.6. The normalized spacial score (nSPS) is 10.6. The second kappa shape index (κ2) is 5.17. The minimum atomic E-state index is -0.432. The summed E-state index contributed by atoms with van der Waals surface area (Å²) in [6, 6.07) is 6.14. The number of hydrogen-bond donors (Lipinski definition) is 0. The zero-order chi connectivity index (χ0) is 12.4. The van der Waals surface area contributed by atoms with Crippen molar-refractivity contribution in [2.45, 2.75) is 5.88 Å². The van der Waals surface area contributed by atoms with E-state index >= 15 is 0 Å². The van der Waals surface area contributed by atoms with Gasteiger partial charge in [-0.2, -0.15) is 0 Å². The Kier molecular flexibility index (Phi) is 3.82. The molecule has 0 spiro atoms. The SMILES string of the molecule is Fc1ccccc1-c1c(Cl)nc(CCl)nc1Cl. The number of aromatic nitrogens is 2. The molecule has 6 heteroatoms. The number of hydrogen-bond acceptors (Lipinski definition) is 2. The van der Waals surface area contributed by atoms with Crippen LogP contribution in [0.3, 0.4) is 0 Å². The summed E-state index contributed by atoms with van der Waals surface area (Å²) in [6.45, 7) is 0. The lowest BCUT2D eigenvalue weighted by Gasteiger charge is -2.08. The van der Waals surface area contributed by atoms with Crippen LogP contribution in [0.4, 0.5) is 4.39 Å². The average molecular weight is 292 g/mol. The van der Waals surface area contributed by atoms with E-state index in [1.54, 1.807) is 18.2 Å². The molecule has 0 aliphatic rings. The Bertz CT molecular complexity index is 537. The Morgan fingerprint density at radius 2 is 1.65 bits per heavy atom. The van der Waals surface area contributed by atoms with Crippen LogP contribution in [0, 0.1) is 5.82 Å². The third-order valence-electron chi connectivity index (χ3n) is 2.13. The first-order chi connectivity index (χ1) is 8.13. The van der Waals surface area contributed by atoms with E-state index in [0.717, 1.165) is 0 Å². The van der Waals surface area contributed by atoms with Gasteiger partial charge in [-0.15, -0.1) is 11.6 Å². The molecule has 17 heavy (non-hydrogen) atoms. The van der Waals surface area contributed by atoms with E-state index < -0.39 is 5.82 Å². The van der Waals surface area contributed by atoms with Gasteiger partial charge in [-0.3, -0.25) is 0 Å². The molecular weight excluding hydrogens is 285 g/mol. The Labute approximate surface area is 112 Å². The predicted molar refractivity (Wildman–Crippen MR) is 67.0 cm³/mol. The molecule has 88 valence electrons. The van der Waals surface area contributed by atoms with Crippen LogP contribution in [0.15, 0.2) is 24.3 Å². The van der Waals surface area contributed by atoms with Gasteiger partial charge < -0.3 is 0 Å². The third kappa shape index (κ3) is 2.51. The van der Waals surface area contributed by atoms with E-state index in [-0.39, 0.29) is 27.3 Å². The molecular formula is C11H6Cl3FN2. The lowest BCUT2D eigenvalue weighted by molar-refractivity contribution is 0.631. The highest BCUT2D eigenvalue weighted by molar-refractivity contribution is 6.37. The molecule has 2 nitrogen and oxygen atoms in total.